The van der Waals surface area contributed by atoms with E-state index < -0.39 is 43.2 Å². The van der Waals surface area contributed by atoms with Crippen molar-refractivity contribution >= 4 is 23.8 Å². The van der Waals surface area contributed by atoms with Gasteiger partial charge in [0.1, 0.15) is 12.1 Å². The normalized spacial score (nSPS) is 12.8. The van der Waals surface area contributed by atoms with Crippen LogP contribution < -0.4 is 10.6 Å². The summed E-state index contributed by atoms with van der Waals surface area (Å²) in [6.45, 7) is 3.02. The number of aliphatic hydroxyl groups excluding tert-OH is 2. The second-order valence-corrected chi connectivity index (χ2v) is 9.66. The number of hydrogen-bond donors (Lipinski definition) is 4. The molecule has 0 spiro atoms. The molecule has 44 heavy (non-hydrogen) atoms. The lowest BCUT2D eigenvalue weighted by Gasteiger charge is -2.20. The molecule has 2 amide bonds. The number of carbonyl (C=O) groups excluding carboxylic acids is 4. The summed E-state index contributed by atoms with van der Waals surface area (Å²) >= 11 is 0. The van der Waals surface area contributed by atoms with Gasteiger partial charge in [0, 0.05) is 25.1 Å². The fourth-order valence-electron chi connectivity index (χ4n) is 3.55. The first kappa shape index (κ1) is 40.2. The van der Waals surface area contributed by atoms with Crippen molar-refractivity contribution in [3.8, 4) is 0 Å². The minimum atomic E-state index is -1.13. The van der Waals surface area contributed by atoms with Crippen LogP contribution in [-0.4, -0.2) is 72.5 Å². The minimum absolute atomic E-state index is 0.112. The van der Waals surface area contributed by atoms with Gasteiger partial charge in [-0.15, -0.1) is 0 Å². The number of nitrogens with one attached hydrogen (secondary N) is 2. The molecule has 0 saturated heterocycles. The maximum Gasteiger partial charge on any atom is 0.330 e. The van der Waals surface area contributed by atoms with E-state index in [0.29, 0.717) is 19.3 Å². The molecule has 0 aromatic carbocycles. The summed E-state index contributed by atoms with van der Waals surface area (Å²) in [5, 5.41) is 23.6. The van der Waals surface area contributed by atoms with Crippen LogP contribution in [0.1, 0.15) is 78.1 Å². The number of ether oxygens (including phenoxy) is 2. The number of aliphatic hydroxyl groups is 2. The molecule has 0 saturated carbocycles. The maximum absolute atomic E-state index is 12.5. The van der Waals surface area contributed by atoms with Gasteiger partial charge in [-0.05, 0) is 64.7 Å². The fourth-order valence-corrected chi connectivity index (χ4v) is 3.55. The van der Waals surface area contributed by atoms with E-state index in [2.05, 4.69) is 78.3 Å². The molecule has 10 heteroatoms. The SMILES string of the molecule is CC/C=C\C/C=C\C/C=C\C/C=C\C/C=C\CCCC(=O)NCCC[C@H](NC(=O)/C=C/C(=O)OCC)C(=O)OC(CO)CO. The van der Waals surface area contributed by atoms with Crippen molar-refractivity contribution in [2.45, 2.75) is 90.2 Å². The molecule has 4 N–H and O–H groups in total. The van der Waals surface area contributed by atoms with Crippen LogP contribution in [0.4, 0.5) is 0 Å². The van der Waals surface area contributed by atoms with Crippen molar-refractivity contribution in [2.24, 2.45) is 0 Å². The molecule has 0 bridgehead atoms. The molecule has 10 nitrogen and oxygen atoms in total. The standard InChI is InChI=1S/C34H52N2O8/c1-3-5-6-7-8-9-10-11-12-13-14-15-16-17-18-19-20-23-31(39)35-26-21-22-30(34(42)44-29(27-37)28-38)36-32(40)24-25-33(41)43-4-2/h5-6,8-9,11-12,14-15,17-18,24-25,29-30,37-38H,3-4,7,10,13,16,19-23,26-28H2,1-2H3,(H,35,39)(H,36,40)/b6-5-,9-8-,12-11-,15-14-,18-17-,25-24+/t30-/m0/s1. The van der Waals surface area contributed by atoms with Crippen LogP contribution >= 0.6 is 0 Å². The van der Waals surface area contributed by atoms with Gasteiger partial charge in [0.05, 0.1) is 19.8 Å². The van der Waals surface area contributed by atoms with Gasteiger partial charge >= 0.3 is 11.9 Å². The molecule has 1 atom stereocenters. The van der Waals surface area contributed by atoms with Crippen molar-refractivity contribution in [3.05, 3.63) is 72.9 Å². The van der Waals surface area contributed by atoms with Crippen LogP contribution in [0.3, 0.4) is 0 Å². The molecule has 0 fully saturated rings. The lowest BCUT2D eigenvalue weighted by Crippen LogP contribution is -2.44. The van der Waals surface area contributed by atoms with Gasteiger partial charge in [0.2, 0.25) is 11.8 Å². The molecule has 0 unspecified atom stereocenters. The maximum atomic E-state index is 12.5. The van der Waals surface area contributed by atoms with Crippen LogP contribution in [0.15, 0.2) is 72.9 Å². The predicted molar refractivity (Wildman–Crippen MR) is 172 cm³/mol. The Labute approximate surface area is 262 Å². The first-order valence-electron chi connectivity index (χ1n) is 15.5. The monoisotopic (exact) mass is 616 g/mol. The number of esters is 2. The van der Waals surface area contributed by atoms with E-state index >= 15 is 0 Å². The van der Waals surface area contributed by atoms with E-state index in [4.69, 9.17) is 9.47 Å². The highest BCUT2D eigenvalue weighted by atomic mass is 16.6. The topological polar surface area (TPSA) is 151 Å². The first-order valence-corrected chi connectivity index (χ1v) is 15.5. The Balaban J connectivity index is 4.29. The Morgan fingerprint density at radius 2 is 1.32 bits per heavy atom. The zero-order valence-corrected chi connectivity index (χ0v) is 26.3. The predicted octanol–water partition coefficient (Wildman–Crippen LogP) is 4.31. The molecule has 246 valence electrons. The lowest BCUT2D eigenvalue weighted by molar-refractivity contribution is -0.157. The highest BCUT2D eigenvalue weighted by Crippen LogP contribution is 2.04. The highest BCUT2D eigenvalue weighted by molar-refractivity contribution is 5.96. The summed E-state index contributed by atoms with van der Waals surface area (Å²) < 4.78 is 9.73. The van der Waals surface area contributed by atoms with Crippen LogP contribution in [0, 0.1) is 0 Å². The fraction of sp³-hybridized carbons (Fsp3) is 0.529. The number of rotatable bonds is 25. The number of carbonyl (C=O) groups is 4. The van der Waals surface area contributed by atoms with Crippen molar-refractivity contribution in [1.82, 2.24) is 10.6 Å². The zero-order valence-electron chi connectivity index (χ0n) is 26.3. The molecule has 0 aromatic rings. The van der Waals surface area contributed by atoms with Gasteiger partial charge in [-0.25, -0.2) is 9.59 Å². The Kier molecular flexibility index (Phi) is 26.8. The number of unbranched alkanes of at least 4 members (excludes halogenated alkanes) is 1. The van der Waals surface area contributed by atoms with Crippen molar-refractivity contribution < 1.29 is 38.9 Å². The average Bonchev–Trinajstić information content (AvgIpc) is 3.01. The number of amides is 2. The van der Waals surface area contributed by atoms with Crippen molar-refractivity contribution in [2.75, 3.05) is 26.4 Å². The Bertz CT molecular complexity index is 978. The van der Waals surface area contributed by atoms with Crippen molar-refractivity contribution in [3.63, 3.8) is 0 Å². The number of allylic oxidation sites excluding steroid dienone is 10. The molecule has 0 aliphatic carbocycles. The highest BCUT2D eigenvalue weighted by Gasteiger charge is 2.24. The molecule has 0 aliphatic heterocycles. The quantitative estimate of drug-likeness (QED) is 0.0513. The van der Waals surface area contributed by atoms with E-state index in [0.717, 1.165) is 50.7 Å². The third-order valence-electron chi connectivity index (χ3n) is 5.87. The Morgan fingerprint density at radius 3 is 1.86 bits per heavy atom. The van der Waals surface area contributed by atoms with Crippen LogP contribution in [0.2, 0.25) is 0 Å². The average molecular weight is 617 g/mol. The summed E-state index contributed by atoms with van der Waals surface area (Å²) in [6.07, 6.45) is 29.3. The van der Waals surface area contributed by atoms with Crippen molar-refractivity contribution in [1.29, 1.82) is 0 Å². The van der Waals surface area contributed by atoms with E-state index in [1.165, 1.54) is 0 Å². The van der Waals surface area contributed by atoms with Crippen LogP contribution in [0.5, 0.6) is 0 Å². The summed E-state index contributed by atoms with van der Waals surface area (Å²) in [5.41, 5.74) is 0. The second-order valence-electron chi connectivity index (χ2n) is 9.66. The first-order chi connectivity index (χ1) is 21.4. The second kappa shape index (κ2) is 29.3. The van der Waals surface area contributed by atoms with Gasteiger partial charge in [-0.3, -0.25) is 9.59 Å². The summed E-state index contributed by atoms with van der Waals surface area (Å²) in [5.74, 6) is -2.38. The zero-order chi connectivity index (χ0) is 32.7. The summed E-state index contributed by atoms with van der Waals surface area (Å²) in [7, 11) is 0. The summed E-state index contributed by atoms with van der Waals surface area (Å²) in [6, 6.07) is -1.11. The van der Waals surface area contributed by atoms with Crippen LogP contribution in [0.25, 0.3) is 0 Å². The smallest absolute Gasteiger partial charge is 0.330 e. The Morgan fingerprint density at radius 1 is 0.750 bits per heavy atom. The minimum Gasteiger partial charge on any atom is -0.463 e. The largest absolute Gasteiger partial charge is 0.463 e. The van der Waals surface area contributed by atoms with Gasteiger partial charge in [-0.1, -0.05) is 67.7 Å². The van der Waals surface area contributed by atoms with Gasteiger partial charge in [0.25, 0.3) is 0 Å². The molecule has 0 radical (unpaired) electrons. The Hall–Kier alpha value is -3.76. The van der Waals surface area contributed by atoms with Gasteiger partial charge in [0.15, 0.2) is 0 Å². The third-order valence-corrected chi connectivity index (χ3v) is 5.87. The molecule has 0 heterocycles. The van der Waals surface area contributed by atoms with E-state index in [-0.39, 0.29) is 25.5 Å². The van der Waals surface area contributed by atoms with Gasteiger partial charge < -0.3 is 30.3 Å². The number of hydrogen-bond acceptors (Lipinski definition) is 8. The third kappa shape index (κ3) is 24.8. The van der Waals surface area contributed by atoms with E-state index in [1.54, 1.807) is 6.92 Å². The summed E-state index contributed by atoms with van der Waals surface area (Å²) in [4.78, 5) is 48.2. The molecular weight excluding hydrogens is 564 g/mol. The molecular formula is C34H52N2O8. The molecule has 0 aliphatic rings. The molecule has 0 rings (SSSR count). The van der Waals surface area contributed by atoms with Crippen LogP contribution in [-0.2, 0) is 28.7 Å². The lowest BCUT2D eigenvalue weighted by atomic mass is 10.1. The van der Waals surface area contributed by atoms with E-state index in [1.807, 2.05) is 0 Å². The van der Waals surface area contributed by atoms with Gasteiger partial charge in [-0.2, -0.15) is 0 Å². The molecule has 0 aromatic heterocycles. The van der Waals surface area contributed by atoms with E-state index in [9.17, 15) is 29.4 Å².